The van der Waals surface area contributed by atoms with Crippen molar-refractivity contribution >= 4 is 17.6 Å². The lowest BCUT2D eigenvalue weighted by molar-refractivity contribution is 0.295. The van der Waals surface area contributed by atoms with Crippen LogP contribution in [0.5, 0.6) is 0 Å². The van der Waals surface area contributed by atoms with Gasteiger partial charge in [0.25, 0.3) is 0 Å². The normalized spacial score (nSPS) is 14.5. The maximum Gasteiger partial charge on any atom is 0.143 e. The van der Waals surface area contributed by atoms with Gasteiger partial charge in [-0.3, -0.25) is 0 Å². The Bertz CT molecular complexity index is 188. The van der Waals surface area contributed by atoms with Crippen LogP contribution in [0, 0.1) is 5.92 Å². The van der Waals surface area contributed by atoms with Crippen molar-refractivity contribution in [1.29, 1.82) is 0 Å². The highest BCUT2D eigenvalue weighted by Crippen LogP contribution is 2.03. The van der Waals surface area contributed by atoms with Crippen LogP contribution in [0.3, 0.4) is 0 Å². The molecule has 90 valence electrons. The number of thioether (sulfide) groups is 1. The van der Waals surface area contributed by atoms with E-state index in [-0.39, 0.29) is 5.92 Å². The third-order valence-electron chi connectivity index (χ3n) is 2.24. The van der Waals surface area contributed by atoms with Gasteiger partial charge in [0.2, 0.25) is 0 Å². The highest BCUT2D eigenvalue weighted by Gasteiger charge is 2.10. The van der Waals surface area contributed by atoms with E-state index in [0.29, 0.717) is 5.84 Å². The van der Waals surface area contributed by atoms with Gasteiger partial charge in [0.05, 0.1) is 0 Å². The Labute approximate surface area is 96.9 Å². The van der Waals surface area contributed by atoms with E-state index in [0.717, 1.165) is 13.1 Å². The van der Waals surface area contributed by atoms with E-state index < -0.39 is 0 Å². The molecule has 5 heteroatoms. The fourth-order valence-electron chi connectivity index (χ4n) is 1.33. The average Bonchev–Trinajstić information content (AvgIpc) is 2.23. The van der Waals surface area contributed by atoms with Crippen molar-refractivity contribution in [2.75, 3.05) is 31.6 Å². The molecule has 0 amide bonds. The molecule has 0 spiro atoms. The highest BCUT2D eigenvalue weighted by molar-refractivity contribution is 7.99. The van der Waals surface area contributed by atoms with E-state index in [1.165, 1.54) is 17.9 Å². The Morgan fingerprint density at radius 3 is 2.80 bits per heavy atom. The first-order valence-corrected chi connectivity index (χ1v) is 6.51. The average molecular weight is 233 g/mol. The van der Waals surface area contributed by atoms with Gasteiger partial charge < -0.3 is 15.8 Å². The smallest absolute Gasteiger partial charge is 0.143 e. The maximum absolute atomic E-state index is 8.51. The third-order valence-corrected chi connectivity index (χ3v) is 3.22. The summed E-state index contributed by atoms with van der Waals surface area (Å²) in [4.78, 5) is 2.22. The second-order valence-electron chi connectivity index (χ2n) is 3.74. The summed E-state index contributed by atoms with van der Waals surface area (Å²) in [7, 11) is 2.07. The van der Waals surface area contributed by atoms with E-state index in [1.807, 2.05) is 18.7 Å². The summed E-state index contributed by atoms with van der Waals surface area (Å²) < 4.78 is 0. The van der Waals surface area contributed by atoms with Crippen LogP contribution in [-0.2, 0) is 0 Å². The summed E-state index contributed by atoms with van der Waals surface area (Å²) in [5, 5.41) is 11.5. The molecular formula is C10H23N3OS. The quantitative estimate of drug-likeness (QED) is 0.219. The van der Waals surface area contributed by atoms with Crippen molar-refractivity contribution in [3.8, 4) is 0 Å². The van der Waals surface area contributed by atoms with Gasteiger partial charge in [-0.25, -0.2) is 0 Å². The predicted molar refractivity (Wildman–Crippen MR) is 67.7 cm³/mol. The number of hydrogen-bond donors (Lipinski definition) is 2. The summed E-state index contributed by atoms with van der Waals surface area (Å²) >= 11 is 1.96. The molecule has 4 nitrogen and oxygen atoms in total. The van der Waals surface area contributed by atoms with Crippen LogP contribution in [0.2, 0.25) is 0 Å². The maximum atomic E-state index is 8.51. The zero-order valence-corrected chi connectivity index (χ0v) is 10.8. The summed E-state index contributed by atoms with van der Waals surface area (Å²) in [5.74, 6) is 2.81. The van der Waals surface area contributed by atoms with Gasteiger partial charge in [-0.05, 0) is 31.5 Å². The molecule has 0 aromatic heterocycles. The molecule has 0 bridgehead atoms. The molecule has 0 saturated carbocycles. The highest BCUT2D eigenvalue weighted by atomic mass is 32.2. The van der Waals surface area contributed by atoms with Gasteiger partial charge in [-0.15, -0.1) is 0 Å². The van der Waals surface area contributed by atoms with Crippen LogP contribution in [0.4, 0.5) is 0 Å². The number of oxime groups is 1. The van der Waals surface area contributed by atoms with Gasteiger partial charge in [0.15, 0.2) is 0 Å². The topological polar surface area (TPSA) is 61.8 Å². The van der Waals surface area contributed by atoms with Gasteiger partial charge in [0, 0.05) is 12.5 Å². The molecule has 0 heterocycles. The Hall–Kier alpha value is -0.420. The summed E-state index contributed by atoms with van der Waals surface area (Å²) in [6.45, 7) is 6.05. The predicted octanol–water partition coefficient (Wildman–Crippen LogP) is 1.44. The lowest BCUT2D eigenvalue weighted by Gasteiger charge is -2.20. The van der Waals surface area contributed by atoms with Crippen molar-refractivity contribution in [2.45, 2.75) is 20.3 Å². The molecule has 0 rings (SSSR count). The van der Waals surface area contributed by atoms with Gasteiger partial charge in [-0.2, -0.15) is 11.8 Å². The monoisotopic (exact) mass is 233 g/mol. The molecule has 0 aliphatic rings. The lowest BCUT2D eigenvalue weighted by Crippen LogP contribution is -2.33. The SMILES string of the molecule is CCSCCCN(C)CC(C)C(N)=NO. The molecule has 0 saturated heterocycles. The summed E-state index contributed by atoms with van der Waals surface area (Å²) in [6, 6.07) is 0. The van der Waals surface area contributed by atoms with Crippen LogP contribution in [0.15, 0.2) is 5.16 Å². The minimum absolute atomic E-state index is 0.110. The molecule has 15 heavy (non-hydrogen) atoms. The van der Waals surface area contributed by atoms with Crippen LogP contribution in [0.1, 0.15) is 20.3 Å². The summed E-state index contributed by atoms with van der Waals surface area (Å²) in [5.41, 5.74) is 5.51. The van der Waals surface area contributed by atoms with Crippen LogP contribution >= 0.6 is 11.8 Å². The first-order valence-electron chi connectivity index (χ1n) is 5.35. The lowest BCUT2D eigenvalue weighted by atomic mass is 10.1. The number of rotatable bonds is 8. The summed E-state index contributed by atoms with van der Waals surface area (Å²) in [6.07, 6.45) is 1.19. The molecule has 1 atom stereocenters. The first kappa shape index (κ1) is 14.6. The minimum atomic E-state index is 0.110. The number of nitrogens with two attached hydrogens (primary N) is 1. The largest absolute Gasteiger partial charge is 0.409 e. The molecule has 0 fully saturated rings. The van der Waals surface area contributed by atoms with E-state index in [9.17, 15) is 0 Å². The third kappa shape index (κ3) is 7.50. The Kier molecular flexibility index (Phi) is 8.61. The van der Waals surface area contributed by atoms with Crippen molar-refractivity contribution in [3.05, 3.63) is 0 Å². The van der Waals surface area contributed by atoms with Gasteiger partial charge in [0.1, 0.15) is 5.84 Å². The zero-order valence-electron chi connectivity index (χ0n) is 9.94. The zero-order chi connectivity index (χ0) is 11.7. The Morgan fingerprint density at radius 2 is 2.27 bits per heavy atom. The molecule has 3 N–H and O–H groups in total. The molecular weight excluding hydrogens is 210 g/mol. The van der Waals surface area contributed by atoms with Crippen molar-refractivity contribution in [3.63, 3.8) is 0 Å². The molecule has 1 unspecified atom stereocenters. The number of hydrogen-bond acceptors (Lipinski definition) is 4. The van der Waals surface area contributed by atoms with Gasteiger partial charge in [-0.1, -0.05) is 19.0 Å². The van der Waals surface area contributed by atoms with Crippen LogP contribution < -0.4 is 5.73 Å². The van der Waals surface area contributed by atoms with Crippen molar-refractivity contribution in [1.82, 2.24) is 4.90 Å². The number of nitrogens with zero attached hydrogens (tertiary/aromatic N) is 2. The second-order valence-corrected chi connectivity index (χ2v) is 5.13. The van der Waals surface area contributed by atoms with Crippen LogP contribution in [0.25, 0.3) is 0 Å². The Balaban J connectivity index is 3.60. The van der Waals surface area contributed by atoms with E-state index >= 15 is 0 Å². The molecule has 0 aliphatic carbocycles. The second kappa shape index (κ2) is 8.85. The molecule has 0 aromatic rings. The van der Waals surface area contributed by atoms with E-state index in [2.05, 4.69) is 24.0 Å². The van der Waals surface area contributed by atoms with E-state index in [1.54, 1.807) is 0 Å². The molecule has 0 aromatic carbocycles. The minimum Gasteiger partial charge on any atom is -0.409 e. The van der Waals surface area contributed by atoms with E-state index in [4.69, 9.17) is 10.9 Å². The molecule has 0 aliphatic heterocycles. The van der Waals surface area contributed by atoms with Crippen molar-refractivity contribution in [2.24, 2.45) is 16.8 Å². The fourth-order valence-corrected chi connectivity index (χ4v) is 1.95. The van der Waals surface area contributed by atoms with Crippen molar-refractivity contribution < 1.29 is 5.21 Å². The fraction of sp³-hybridized carbons (Fsp3) is 0.900. The number of amidine groups is 1. The van der Waals surface area contributed by atoms with Crippen LogP contribution in [-0.4, -0.2) is 47.6 Å². The van der Waals surface area contributed by atoms with Gasteiger partial charge >= 0.3 is 0 Å². The first-order chi connectivity index (χ1) is 7.11. The standard InChI is InChI=1S/C10H23N3OS/c1-4-15-7-5-6-13(3)8-9(2)10(11)12-14/h9,14H,4-8H2,1-3H3,(H2,11,12). The Morgan fingerprint density at radius 1 is 1.60 bits per heavy atom. The molecule has 0 radical (unpaired) electrons.